The normalized spacial score (nSPS) is 30.3. The van der Waals surface area contributed by atoms with Gasteiger partial charge in [0.2, 0.25) is 5.91 Å². The van der Waals surface area contributed by atoms with Crippen molar-refractivity contribution in [1.82, 2.24) is 10.2 Å². The van der Waals surface area contributed by atoms with E-state index in [-0.39, 0.29) is 41.9 Å². The zero-order chi connectivity index (χ0) is 28.4. The van der Waals surface area contributed by atoms with Gasteiger partial charge in [-0.15, -0.1) is 0 Å². The summed E-state index contributed by atoms with van der Waals surface area (Å²) in [7, 11) is 0. The molecule has 4 unspecified atom stereocenters. The number of nitrogens with zero attached hydrogens (tertiary/aromatic N) is 3. The molecular formula is C31H31F3N4O2. The lowest BCUT2D eigenvalue weighted by Gasteiger charge is -2.30. The minimum absolute atomic E-state index is 0.0405. The molecule has 6 nitrogen and oxygen atoms in total. The number of benzene rings is 1. The van der Waals surface area contributed by atoms with E-state index in [4.69, 9.17) is 0 Å². The molecule has 2 amide bonds. The monoisotopic (exact) mass is 548 g/mol. The fourth-order valence-corrected chi connectivity index (χ4v) is 6.90. The summed E-state index contributed by atoms with van der Waals surface area (Å²) in [5, 5.41) is 3.07. The second-order valence-corrected chi connectivity index (χ2v) is 12.0. The van der Waals surface area contributed by atoms with Crippen molar-refractivity contribution in [3.05, 3.63) is 58.2 Å². The van der Waals surface area contributed by atoms with Crippen LogP contribution in [0.15, 0.2) is 51.5 Å². The van der Waals surface area contributed by atoms with Crippen LogP contribution in [0, 0.1) is 29.1 Å². The number of carbonyl (C=O) groups is 2. The van der Waals surface area contributed by atoms with E-state index in [9.17, 15) is 22.8 Å². The van der Waals surface area contributed by atoms with Gasteiger partial charge in [0.25, 0.3) is 5.91 Å². The molecule has 40 heavy (non-hydrogen) atoms. The predicted molar refractivity (Wildman–Crippen MR) is 146 cm³/mol. The molecule has 1 saturated heterocycles. The fourth-order valence-electron chi connectivity index (χ4n) is 6.90. The van der Waals surface area contributed by atoms with E-state index in [0.717, 1.165) is 35.6 Å². The Morgan fingerprint density at radius 3 is 2.73 bits per heavy atom. The highest BCUT2D eigenvalue weighted by Gasteiger charge is 2.57. The molecule has 1 fully saturated rings. The first-order valence-corrected chi connectivity index (χ1v) is 13.7. The molecule has 5 aliphatic rings. The number of halogens is 3. The number of rotatable bonds is 2. The van der Waals surface area contributed by atoms with Crippen LogP contribution in [0.2, 0.25) is 0 Å². The summed E-state index contributed by atoms with van der Waals surface area (Å²) in [6.45, 7) is 4.86. The summed E-state index contributed by atoms with van der Waals surface area (Å²) >= 11 is 0. The lowest BCUT2D eigenvalue weighted by atomic mass is 9.71. The smallest absolute Gasteiger partial charge is 0.334 e. The molecular weight excluding hydrogens is 517 g/mol. The molecule has 0 aromatic heterocycles. The number of amidine groups is 1. The Morgan fingerprint density at radius 1 is 1.18 bits per heavy atom. The molecule has 1 aromatic rings. The second kappa shape index (κ2) is 9.18. The largest absolute Gasteiger partial charge is 0.416 e. The van der Waals surface area contributed by atoms with Crippen LogP contribution in [0.25, 0.3) is 0 Å². The highest BCUT2D eigenvalue weighted by molar-refractivity contribution is 6.15. The molecule has 1 aromatic carbocycles. The molecule has 4 atom stereocenters. The summed E-state index contributed by atoms with van der Waals surface area (Å²) in [5.41, 5.74) is 0.577. The van der Waals surface area contributed by atoms with Crippen molar-refractivity contribution >= 4 is 23.9 Å². The SMILES string of the molecule is CC1CC=CC(C(F)(F)F)=C1C1=NC(C)(C)C(=O)N1CC#Cc1ccc2c(c1)CC1(C2)C(=O)NC2N=CCCC21. The van der Waals surface area contributed by atoms with Gasteiger partial charge < -0.3 is 5.32 Å². The van der Waals surface area contributed by atoms with Crippen LogP contribution in [-0.4, -0.2) is 53.2 Å². The van der Waals surface area contributed by atoms with Crippen LogP contribution in [0.1, 0.15) is 56.7 Å². The van der Waals surface area contributed by atoms with Crippen LogP contribution in [0.4, 0.5) is 13.2 Å². The standard InChI is InChI=1S/C31H31F3N4O2/c1-18-7-4-9-22(31(32,33)34)24(18)26-37-29(2,3)28(40)38(26)14-6-8-19-11-12-20-16-30(17-21(20)15-19)23-10-5-13-35-25(23)36-27(30)39/h4,9,11-13,15,18,23,25H,5,7,10,14,16-17H2,1-3H3,(H,36,39). The first-order chi connectivity index (χ1) is 18.9. The molecule has 9 heteroatoms. The summed E-state index contributed by atoms with van der Waals surface area (Å²) in [6, 6.07) is 5.90. The number of allylic oxidation sites excluding steroid dienone is 3. The number of carbonyl (C=O) groups excluding carboxylic acids is 2. The van der Waals surface area contributed by atoms with Crippen molar-refractivity contribution in [2.24, 2.45) is 27.2 Å². The van der Waals surface area contributed by atoms with Crippen LogP contribution < -0.4 is 5.32 Å². The Labute approximate surface area is 231 Å². The van der Waals surface area contributed by atoms with Crippen molar-refractivity contribution < 1.29 is 22.8 Å². The summed E-state index contributed by atoms with van der Waals surface area (Å²) in [6.07, 6.45) is 3.34. The Hall–Kier alpha value is -3.67. The van der Waals surface area contributed by atoms with Gasteiger partial charge in [0.05, 0.1) is 17.5 Å². The van der Waals surface area contributed by atoms with Gasteiger partial charge in [-0.1, -0.05) is 37.0 Å². The van der Waals surface area contributed by atoms with E-state index in [1.54, 1.807) is 20.8 Å². The average Bonchev–Trinajstić information content (AvgIpc) is 3.48. The number of amides is 2. The first-order valence-electron chi connectivity index (χ1n) is 13.7. The van der Waals surface area contributed by atoms with Gasteiger partial charge in [0.15, 0.2) is 0 Å². The molecule has 208 valence electrons. The number of fused-ring (bicyclic) bond motifs is 3. The van der Waals surface area contributed by atoms with E-state index in [2.05, 4.69) is 27.1 Å². The van der Waals surface area contributed by atoms with Gasteiger partial charge in [0.1, 0.15) is 17.5 Å². The minimum Gasteiger partial charge on any atom is -0.334 e. The highest BCUT2D eigenvalue weighted by Crippen LogP contribution is 2.50. The highest BCUT2D eigenvalue weighted by atomic mass is 19.4. The zero-order valence-electron chi connectivity index (χ0n) is 22.7. The van der Waals surface area contributed by atoms with Crippen LogP contribution in [0.5, 0.6) is 0 Å². The van der Waals surface area contributed by atoms with Gasteiger partial charge in [-0.2, -0.15) is 13.2 Å². The van der Waals surface area contributed by atoms with Crippen molar-refractivity contribution in [2.75, 3.05) is 6.54 Å². The number of hydrogen-bond donors (Lipinski definition) is 1. The molecule has 3 heterocycles. The van der Waals surface area contributed by atoms with Crippen LogP contribution in [0.3, 0.4) is 0 Å². The molecule has 0 bridgehead atoms. The van der Waals surface area contributed by atoms with Crippen LogP contribution in [-0.2, 0) is 22.4 Å². The average molecular weight is 549 g/mol. The molecule has 1 N–H and O–H groups in total. The van der Waals surface area contributed by atoms with E-state index >= 15 is 0 Å². The number of nitrogens with one attached hydrogen (secondary N) is 1. The molecule has 6 rings (SSSR count). The Morgan fingerprint density at radius 2 is 1.95 bits per heavy atom. The van der Waals surface area contributed by atoms with E-state index < -0.39 is 28.6 Å². The van der Waals surface area contributed by atoms with E-state index in [1.807, 2.05) is 24.4 Å². The summed E-state index contributed by atoms with van der Waals surface area (Å²) in [5.74, 6) is 5.58. The van der Waals surface area contributed by atoms with Crippen LogP contribution >= 0.6 is 0 Å². The molecule has 0 saturated carbocycles. The molecule has 0 radical (unpaired) electrons. The zero-order valence-corrected chi connectivity index (χ0v) is 22.7. The minimum atomic E-state index is -4.56. The van der Waals surface area contributed by atoms with Crippen molar-refractivity contribution in [2.45, 2.75) is 70.8 Å². The Bertz CT molecular complexity index is 1490. The first kappa shape index (κ1) is 26.5. The third-order valence-electron chi connectivity index (χ3n) is 8.90. The van der Waals surface area contributed by atoms with E-state index in [0.29, 0.717) is 19.3 Å². The lowest BCUT2D eigenvalue weighted by molar-refractivity contribution is -0.130. The second-order valence-electron chi connectivity index (χ2n) is 12.0. The van der Waals surface area contributed by atoms with Gasteiger partial charge in [-0.25, -0.2) is 0 Å². The number of hydrogen-bond acceptors (Lipinski definition) is 4. The molecule has 2 aliphatic carbocycles. The van der Waals surface area contributed by atoms with Crippen molar-refractivity contribution in [3.8, 4) is 11.8 Å². The quantitative estimate of drug-likeness (QED) is 0.552. The van der Waals surface area contributed by atoms with Gasteiger partial charge in [0, 0.05) is 23.3 Å². The maximum absolute atomic E-state index is 13.9. The summed E-state index contributed by atoms with van der Waals surface area (Å²) < 4.78 is 41.7. The molecule has 3 aliphatic heterocycles. The predicted octanol–water partition coefficient (Wildman–Crippen LogP) is 4.53. The topological polar surface area (TPSA) is 74.1 Å². The summed E-state index contributed by atoms with van der Waals surface area (Å²) in [4.78, 5) is 36.5. The third kappa shape index (κ3) is 4.20. The number of alkyl halides is 3. The van der Waals surface area contributed by atoms with E-state index in [1.165, 1.54) is 11.0 Å². The maximum atomic E-state index is 13.9. The van der Waals surface area contributed by atoms with Crippen molar-refractivity contribution in [1.29, 1.82) is 0 Å². The Kier molecular flexibility index (Phi) is 6.10. The number of aliphatic imine (C=N–C) groups is 2. The van der Waals surface area contributed by atoms with Gasteiger partial charge in [-0.3, -0.25) is 24.5 Å². The fraction of sp³-hybridized carbons (Fsp3) is 0.484. The van der Waals surface area contributed by atoms with Gasteiger partial charge in [-0.05, 0) is 75.1 Å². The lowest BCUT2D eigenvalue weighted by Crippen LogP contribution is -2.41. The third-order valence-corrected chi connectivity index (χ3v) is 8.90. The van der Waals surface area contributed by atoms with Crippen molar-refractivity contribution in [3.63, 3.8) is 0 Å². The Balaban J connectivity index is 1.26. The maximum Gasteiger partial charge on any atom is 0.416 e. The van der Waals surface area contributed by atoms with Gasteiger partial charge >= 0.3 is 6.18 Å². The molecule has 1 spiro atoms.